The highest BCUT2D eigenvalue weighted by Gasteiger charge is 2.12. The van der Waals surface area contributed by atoms with Gasteiger partial charge in [-0.3, -0.25) is 0 Å². The molecule has 5 heteroatoms. The Hall–Kier alpha value is -0.580. The molecule has 0 spiro atoms. The zero-order chi connectivity index (χ0) is 14.3. The molecular formula is C14H22ClNO2S. The van der Waals surface area contributed by atoms with Crippen LogP contribution in [0.2, 0.25) is 5.02 Å². The molecule has 0 saturated heterocycles. The van der Waals surface area contributed by atoms with Crippen LogP contribution in [0.3, 0.4) is 0 Å². The van der Waals surface area contributed by atoms with Crippen LogP contribution in [-0.2, 0) is 6.54 Å². The van der Waals surface area contributed by atoms with Gasteiger partial charge >= 0.3 is 0 Å². The van der Waals surface area contributed by atoms with Crippen LogP contribution < -0.4 is 14.8 Å². The third kappa shape index (κ3) is 4.79. The minimum absolute atomic E-state index is 0.598. The molecule has 0 aliphatic rings. The summed E-state index contributed by atoms with van der Waals surface area (Å²) in [5.41, 5.74) is 1.02. The lowest BCUT2D eigenvalue weighted by Crippen LogP contribution is -2.18. The lowest BCUT2D eigenvalue weighted by Gasteiger charge is -2.14. The summed E-state index contributed by atoms with van der Waals surface area (Å²) in [4.78, 5) is 0. The first-order valence-corrected chi connectivity index (χ1v) is 7.93. The van der Waals surface area contributed by atoms with Gasteiger partial charge in [-0.25, -0.2) is 0 Å². The maximum absolute atomic E-state index is 6.31. The van der Waals surface area contributed by atoms with Crippen molar-refractivity contribution in [2.24, 2.45) is 0 Å². The van der Waals surface area contributed by atoms with Gasteiger partial charge in [0, 0.05) is 11.8 Å². The number of hydrogen-bond donors (Lipinski definition) is 1. The molecule has 0 saturated carbocycles. The molecular weight excluding hydrogens is 282 g/mol. The quantitative estimate of drug-likeness (QED) is 0.744. The summed E-state index contributed by atoms with van der Waals surface area (Å²) < 4.78 is 10.5. The summed E-state index contributed by atoms with van der Waals surface area (Å²) in [6.45, 7) is 3.95. The lowest BCUT2D eigenvalue weighted by atomic mass is 10.2. The first-order valence-electron chi connectivity index (χ1n) is 6.26. The van der Waals surface area contributed by atoms with Crippen LogP contribution in [0, 0.1) is 0 Å². The van der Waals surface area contributed by atoms with E-state index in [-0.39, 0.29) is 0 Å². The third-order valence-corrected chi connectivity index (χ3v) is 4.47. The van der Waals surface area contributed by atoms with Crippen molar-refractivity contribution < 1.29 is 9.47 Å². The van der Waals surface area contributed by atoms with Gasteiger partial charge in [-0.1, -0.05) is 24.6 Å². The van der Waals surface area contributed by atoms with Gasteiger partial charge in [0.05, 0.1) is 19.2 Å². The van der Waals surface area contributed by atoms with Gasteiger partial charge in [-0.05, 0) is 30.9 Å². The summed E-state index contributed by atoms with van der Waals surface area (Å²) >= 11 is 8.20. The molecule has 0 fully saturated rings. The van der Waals surface area contributed by atoms with E-state index in [1.807, 2.05) is 23.9 Å². The topological polar surface area (TPSA) is 30.5 Å². The Kier molecular flexibility index (Phi) is 7.42. The number of methoxy groups -OCH3 is 2. The highest BCUT2D eigenvalue weighted by atomic mass is 35.5. The summed E-state index contributed by atoms with van der Waals surface area (Å²) in [7, 11) is 3.21. The van der Waals surface area contributed by atoms with Crippen molar-refractivity contribution in [3.8, 4) is 11.5 Å². The van der Waals surface area contributed by atoms with Crippen LogP contribution in [0.5, 0.6) is 11.5 Å². The predicted octanol–water partition coefficient (Wildman–Crippen LogP) is 3.59. The van der Waals surface area contributed by atoms with Gasteiger partial charge in [0.15, 0.2) is 11.5 Å². The Bertz CT molecular complexity index is 401. The molecule has 0 aliphatic heterocycles. The highest BCUT2D eigenvalue weighted by Crippen LogP contribution is 2.37. The smallest absolute Gasteiger partial charge is 0.179 e. The van der Waals surface area contributed by atoms with Crippen LogP contribution >= 0.6 is 23.4 Å². The van der Waals surface area contributed by atoms with E-state index in [4.69, 9.17) is 21.1 Å². The van der Waals surface area contributed by atoms with E-state index in [9.17, 15) is 0 Å². The minimum Gasteiger partial charge on any atom is -0.493 e. The maximum atomic E-state index is 6.31. The number of benzene rings is 1. The predicted molar refractivity (Wildman–Crippen MR) is 83.9 cm³/mol. The second-order valence-electron chi connectivity index (χ2n) is 4.29. The van der Waals surface area contributed by atoms with E-state index in [2.05, 4.69) is 18.5 Å². The van der Waals surface area contributed by atoms with Crippen LogP contribution in [0.1, 0.15) is 18.9 Å². The molecule has 1 atom stereocenters. The van der Waals surface area contributed by atoms with Crippen molar-refractivity contribution in [1.29, 1.82) is 0 Å². The SMILES string of the molecule is COc1ccc(CNCCC(C)SC)c(Cl)c1OC. The maximum Gasteiger partial charge on any atom is 0.179 e. The normalized spacial score (nSPS) is 12.3. The van der Waals surface area contributed by atoms with Gasteiger partial charge < -0.3 is 14.8 Å². The highest BCUT2D eigenvalue weighted by molar-refractivity contribution is 7.99. The number of thioether (sulfide) groups is 1. The molecule has 0 bridgehead atoms. The molecule has 3 nitrogen and oxygen atoms in total. The van der Waals surface area contributed by atoms with Crippen molar-refractivity contribution in [2.75, 3.05) is 27.0 Å². The fraction of sp³-hybridized carbons (Fsp3) is 0.571. The molecule has 1 aromatic rings. The Balaban J connectivity index is 2.59. The summed E-state index contributed by atoms with van der Waals surface area (Å²) in [5, 5.41) is 4.69. The zero-order valence-electron chi connectivity index (χ0n) is 12.0. The third-order valence-electron chi connectivity index (χ3n) is 3.01. The molecule has 1 N–H and O–H groups in total. The number of halogens is 1. The van der Waals surface area contributed by atoms with E-state index in [1.54, 1.807) is 14.2 Å². The second-order valence-corrected chi connectivity index (χ2v) is 5.94. The average Bonchev–Trinajstić information content (AvgIpc) is 2.44. The molecule has 108 valence electrons. The van der Waals surface area contributed by atoms with E-state index in [0.717, 1.165) is 25.1 Å². The monoisotopic (exact) mass is 303 g/mol. The number of nitrogens with one attached hydrogen (secondary N) is 1. The van der Waals surface area contributed by atoms with Gasteiger partial charge in [-0.15, -0.1) is 0 Å². The summed E-state index contributed by atoms with van der Waals surface area (Å²) in [6.07, 6.45) is 3.28. The van der Waals surface area contributed by atoms with Crippen LogP contribution in [0.15, 0.2) is 12.1 Å². The van der Waals surface area contributed by atoms with Gasteiger partial charge in [0.1, 0.15) is 0 Å². The number of ether oxygens (including phenoxy) is 2. The lowest BCUT2D eigenvalue weighted by molar-refractivity contribution is 0.354. The van der Waals surface area contributed by atoms with E-state index < -0.39 is 0 Å². The first kappa shape index (κ1) is 16.5. The largest absolute Gasteiger partial charge is 0.493 e. The number of hydrogen-bond acceptors (Lipinski definition) is 4. The molecule has 1 aromatic carbocycles. The van der Waals surface area contributed by atoms with E-state index >= 15 is 0 Å². The second kappa shape index (κ2) is 8.56. The van der Waals surface area contributed by atoms with Crippen molar-refractivity contribution in [3.63, 3.8) is 0 Å². The van der Waals surface area contributed by atoms with Crippen molar-refractivity contribution >= 4 is 23.4 Å². The molecule has 1 unspecified atom stereocenters. The van der Waals surface area contributed by atoms with E-state index in [0.29, 0.717) is 21.8 Å². The van der Waals surface area contributed by atoms with Crippen LogP contribution in [-0.4, -0.2) is 32.3 Å². The molecule has 0 aliphatic carbocycles. The summed E-state index contributed by atoms with van der Waals surface area (Å²) in [5.74, 6) is 1.26. The fourth-order valence-electron chi connectivity index (χ4n) is 1.71. The van der Waals surface area contributed by atoms with E-state index in [1.165, 1.54) is 0 Å². The van der Waals surface area contributed by atoms with Gasteiger partial charge in [0.2, 0.25) is 0 Å². The van der Waals surface area contributed by atoms with Gasteiger partial charge in [0.25, 0.3) is 0 Å². The standard InChI is InChI=1S/C14H22ClNO2S/c1-10(19-4)7-8-16-9-11-5-6-12(17-2)14(18-3)13(11)15/h5-6,10,16H,7-9H2,1-4H3. The Labute approximate surface area is 125 Å². The fourth-order valence-corrected chi connectivity index (χ4v) is 2.37. The zero-order valence-corrected chi connectivity index (χ0v) is 13.5. The van der Waals surface area contributed by atoms with Crippen LogP contribution in [0.25, 0.3) is 0 Å². The molecule has 0 aromatic heterocycles. The average molecular weight is 304 g/mol. The minimum atomic E-state index is 0.598. The molecule has 0 heterocycles. The Morgan fingerprint density at radius 1 is 1.32 bits per heavy atom. The van der Waals surface area contributed by atoms with Gasteiger partial charge in [-0.2, -0.15) is 11.8 Å². The molecule has 1 rings (SSSR count). The molecule has 19 heavy (non-hydrogen) atoms. The Morgan fingerprint density at radius 2 is 2.05 bits per heavy atom. The Morgan fingerprint density at radius 3 is 2.63 bits per heavy atom. The van der Waals surface area contributed by atoms with Crippen molar-refractivity contribution in [2.45, 2.75) is 25.1 Å². The van der Waals surface area contributed by atoms with Crippen molar-refractivity contribution in [3.05, 3.63) is 22.7 Å². The molecule has 0 amide bonds. The molecule has 0 radical (unpaired) electrons. The first-order chi connectivity index (χ1) is 9.13. The van der Waals surface area contributed by atoms with Crippen molar-refractivity contribution in [1.82, 2.24) is 5.32 Å². The summed E-state index contributed by atoms with van der Waals surface area (Å²) in [6, 6.07) is 3.85. The van der Waals surface area contributed by atoms with Crippen LogP contribution in [0.4, 0.5) is 0 Å². The number of rotatable bonds is 8.